The molecule has 6 heterocycles. The normalized spacial score (nSPS) is 21.8. The predicted octanol–water partition coefficient (Wildman–Crippen LogP) is 4.29. The van der Waals surface area contributed by atoms with E-state index in [-0.39, 0.29) is 47.7 Å². The quantitative estimate of drug-likeness (QED) is 0.390. The van der Waals surface area contributed by atoms with Crippen LogP contribution in [0.5, 0.6) is 0 Å². The Morgan fingerprint density at radius 3 is 2.43 bits per heavy atom. The number of likely N-dealkylation sites (tertiary alicyclic amines) is 2. The lowest BCUT2D eigenvalue weighted by Gasteiger charge is -2.42. The Balaban J connectivity index is 1.10. The van der Waals surface area contributed by atoms with Crippen LogP contribution in [-0.2, 0) is 11.3 Å². The van der Waals surface area contributed by atoms with Crippen molar-refractivity contribution in [3.63, 3.8) is 0 Å². The first-order valence-electron chi connectivity index (χ1n) is 17.3. The number of pyridine rings is 1. The summed E-state index contributed by atoms with van der Waals surface area (Å²) in [7, 11) is 0. The molecule has 13 heteroatoms. The van der Waals surface area contributed by atoms with E-state index in [1.165, 1.54) is 43.2 Å². The second-order valence-electron chi connectivity index (χ2n) is 13.4. The standard InChI is InChI=1S/C33H49F2N9O2/c1-2-3-5-14-43-21-24(34)22-44-32(43)28(30(36)39-44)31(45)38-27-20-37-19-26(35)29(27)41-15-8-23(9-16-41)33(46)42-17-10-25(11-18-42)40-12-6-4-7-13-40/h19-20,23-25H,2-18,21-22H2,1H3,(H2,36,39)(H,38,45). The van der Waals surface area contributed by atoms with Gasteiger partial charge in [0, 0.05) is 44.7 Å². The van der Waals surface area contributed by atoms with E-state index in [1.54, 1.807) is 0 Å². The third-order valence-corrected chi connectivity index (χ3v) is 10.3. The summed E-state index contributed by atoms with van der Waals surface area (Å²) < 4.78 is 31.4. The summed E-state index contributed by atoms with van der Waals surface area (Å²) in [5, 5.41) is 7.12. The Bertz CT molecular complexity index is 1370. The molecule has 3 fully saturated rings. The Morgan fingerprint density at radius 2 is 1.72 bits per heavy atom. The summed E-state index contributed by atoms with van der Waals surface area (Å²) in [4.78, 5) is 39.6. The molecule has 2 amide bonds. The van der Waals surface area contributed by atoms with Gasteiger partial charge in [-0.05, 0) is 58.0 Å². The number of nitrogens with two attached hydrogens (primary N) is 1. The molecule has 6 rings (SSSR count). The van der Waals surface area contributed by atoms with E-state index in [0.29, 0.717) is 44.3 Å². The van der Waals surface area contributed by atoms with E-state index in [2.05, 4.69) is 27.2 Å². The van der Waals surface area contributed by atoms with Gasteiger partial charge in [-0.1, -0.05) is 26.2 Å². The maximum atomic E-state index is 15.4. The molecule has 252 valence electrons. The zero-order chi connectivity index (χ0) is 32.2. The number of carbonyl (C=O) groups is 2. The Morgan fingerprint density at radius 1 is 0.978 bits per heavy atom. The number of anilines is 4. The number of alkyl halides is 1. The van der Waals surface area contributed by atoms with Crippen molar-refractivity contribution in [2.75, 3.05) is 73.2 Å². The van der Waals surface area contributed by atoms with Gasteiger partial charge in [-0.15, -0.1) is 0 Å². The number of hydrogen-bond donors (Lipinski definition) is 2. The third kappa shape index (κ3) is 6.94. The van der Waals surface area contributed by atoms with Gasteiger partial charge in [-0.2, -0.15) is 5.10 Å². The number of amides is 2. The molecule has 3 N–H and O–H groups in total. The largest absolute Gasteiger partial charge is 0.381 e. The average Bonchev–Trinajstić information content (AvgIpc) is 3.41. The Kier molecular flexibility index (Phi) is 10.2. The van der Waals surface area contributed by atoms with Crippen molar-refractivity contribution in [3.05, 3.63) is 23.8 Å². The van der Waals surface area contributed by atoms with Crippen molar-refractivity contribution >= 4 is 34.8 Å². The maximum Gasteiger partial charge on any atom is 0.263 e. The van der Waals surface area contributed by atoms with Gasteiger partial charge in [0.1, 0.15) is 23.2 Å². The third-order valence-electron chi connectivity index (χ3n) is 10.3. The number of carbonyl (C=O) groups excluding carboxylic acids is 2. The molecule has 2 aromatic heterocycles. The number of hydrogen-bond acceptors (Lipinski definition) is 8. The van der Waals surface area contributed by atoms with E-state index >= 15 is 4.39 Å². The van der Waals surface area contributed by atoms with E-state index in [0.717, 1.165) is 51.4 Å². The van der Waals surface area contributed by atoms with Gasteiger partial charge in [0.15, 0.2) is 11.6 Å². The summed E-state index contributed by atoms with van der Waals surface area (Å²) in [5.41, 5.74) is 6.86. The number of unbranched alkanes of at least 4 members (excludes halogenated alkanes) is 2. The van der Waals surface area contributed by atoms with E-state index in [4.69, 9.17) is 5.73 Å². The van der Waals surface area contributed by atoms with Crippen molar-refractivity contribution in [2.45, 2.75) is 89.9 Å². The van der Waals surface area contributed by atoms with Gasteiger partial charge >= 0.3 is 0 Å². The Hall–Kier alpha value is -3.48. The second kappa shape index (κ2) is 14.5. The van der Waals surface area contributed by atoms with Crippen LogP contribution < -0.4 is 20.9 Å². The minimum absolute atomic E-state index is 0.00675. The second-order valence-corrected chi connectivity index (χ2v) is 13.4. The predicted molar refractivity (Wildman–Crippen MR) is 175 cm³/mol. The van der Waals surface area contributed by atoms with E-state index < -0.39 is 17.9 Å². The highest BCUT2D eigenvalue weighted by Gasteiger charge is 2.35. The Labute approximate surface area is 270 Å². The van der Waals surface area contributed by atoms with Gasteiger partial charge in [0.2, 0.25) is 5.91 Å². The summed E-state index contributed by atoms with van der Waals surface area (Å²) in [6.07, 6.45) is 11.5. The molecular formula is C33H49F2N9O2. The fourth-order valence-electron chi connectivity index (χ4n) is 7.83. The summed E-state index contributed by atoms with van der Waals surface area (Å²) in [6, 6.07) is 0.586. The number of halogens is 2. The van der Waals surface area contributed by atoms with E-state index in [9.17, 15) is 14.0 Å². The molecule has 4 aliphatic heterocycles. The minimum Gasteiger partial charge on any atom is -0.381 e. The van der Waals surface area contributed by atoms with Gasteiger partial charge in [-0.25, -0.2) is 13.5 Å². The van der Waals surface area contributed by atoms with Crippen molar-refractivity contribution in [3.8, 4) is 0 Å². The number of fused-ring (bicyclic) bond motifs is 1. The van der Waals surface area contributed by atoms with Crippen LogP contribution in [0, 0.1) is 11.7 Å². The van der Waals surface area contributed by atoms with Gasteiger partial charge in [-0.3, -0.25) is 14.6 Å². The number of nitrogens with one attached hydrogen (secondary N) is 1. The van der Waals surface area contributed by atoms with Crippen molar-refractivity contribution in [2.24, 2.45) is 5.92 Å². The molecule has 0 radical (unpaired) electrons. The van der Waals surface area contributed by atoms with Gasteiger partial charge in [0.25, 0.3) is 5.91 Å². The number of nitrogen functional groups attached to an aromatic ring is 1. The highest BCUT2D eigenvalue weighted by Crippen LogP contribution is 2.36. The molecule has 0 aromatic carbocycles. The topological polar surface area (TPSA) is 116 Å². The lowest BCUT2D eigenvalue weighted by atomic mass is 9.93. The van der Waals surface area contributed by atoms with Crippen LogP contribution in [0.3, 0.4) is 0 Å². The first kappa shape index (κ1) is 32.5. The molecule has 1 atom stereocenters. The number of rotatable bonds is 9. The zero-order valence-corrected chi connectivity index (χ0v) is 27.1. The molecule has 46 heavy (non-hydrogen) atoms. The number of nitrogens with zero attached hydrogens (tertiary/aromatic N) is 7. The number of aromatic nitrogens is 3. The molecule has 2 aromatic rings. The monoisotopic (exact) mass is 641 g/mol. The molecule has 0 spiro atoms. The first-order chi connectivity index (χ1) is 22.3. The van der Waals surface area contributed by atoms with Gasteiger partial charge in [0.05, 0.1) is 31.2 Å². The van der Waals surface area contributed by atoms with Crippen LogP contribution in [0.1, 0.15) is 81.5 Å². The molecule has 0 aliphatic carbocycles. The van der Waals surface area contributed by atoms with Crippen molar-refractivity contribution < 1.29 is 18.4 Å². The molecule has 0 saturated carbocycles. The smallest absolute Gasteiger partial charge is 0.263 e. The first-order valence-corrected chi connectivity index (χ1v) is 17.3. The van der Waals surface area contributed by atoms with Crippen LogP contribution >= 0.6 is 0 Å². The lowest BCUT2D eigenvalue weighted by molar-refractivity contribution is -0.137. The SMILES string of the molecule is CCCCCN1CC(F)Cn2nc(N)c(C(=O)Nc3cncc(F)c3N3CCC(C(=O)N4CCC(N5CCCCC5)CC4)CC3)c21. The van der Waals surface area contributed by atoms with Crippen LogP contribution in [-0.4, -0.2) is 101 Å². The molecule has 3 saturated heterocycles. The molecule has 4 aliphatic rings. The van der Waals surface area contributed by atoms with Crippen LogP contribution in [0.4, 0.5) is 31.8 Å². The summed E-state index contributed by atoms with van der Waals surface area (Å²) in [6.45, 7) is 7.80. The fourth-order valence-corrected chi connectivity index (χ4v) is 7.83. The highest BCUT2D eigenvalue weighted by atomic mass is 19.1. The van der Waals surface area contributed by atoms with Crippen molar-refractivity contribution in [1.82, 2.24) is 24.6 Å². The fraction of sp³-hybridized carbons (Fsp3) is 0.697. The van der Waals surface area contributed by atoms with Crippen LogP contribution in [0.25, 0.3) is 0 Å². The average molecular weight is 642 g/mol. The molecule has 11 nitrogen and oxygen atoms in total. The molecular weight excluding hydrogens is 592 g/mol. The zero-order valence-electron chi connectivity index (χ0n) is 27.1. The van der Waals surface area contributed by atoms with Gasteiger partial charge < -0.3 is 30.7 Å². The summed E-state index contributed by atoms with van der Waals surface area (Å²) in [5.74, 6) is -0.474. The molecule has 1 unspecified atom stereocenters. The maximum absolute atomic E-state index is 15.4. The lowest BCUT2D eigenvalue weighted by Crippen LogP contribution is -2.50. The van der Waals surface area contributed by atoms with Crippen molar-refractivity contribution in [1.29, 1.82) is 0 Å². The summed E-state index contributed by atoms with van der Waals surface area (Å²) >= 11 is 0. The molecule has 0 bridgehead atoms. The highest BCUT2D eigenvalue weighted by molar-refractivity contribution is 6.12. The van der Waals surface area contributed by atoms with Crippen LogP contribution in [0.15, 0.2) is 12.4 Å². The minimum atomic E-state index is -1.12. The van der Waals surface area contributed by atoms with Crippen LogP contribution in [0.2, 0.25) is 0 Å². The van der Waals surface area contributed by atoms with E-state index in [1.807, 2.05) is 14.7 Å². The number of piperidine rings is 3.